The van der Waals surface area contributed by atoms with Gasteiger partial charge in [0.05, 0.1) is 5.69 Å². The van der Waals surface area contributed by atoms with Gasteiger partial charge in [-0.2, -0.15) is 0 Å². The largest absolute Gasteiger partial charge is 0.358 e. The molecule has 0 saturated carbocycles. The molecular formula is C39H59Ir3N5-6. The van der Waals surface area contributed by atoms with Crippen molar-refractivity contribution in [2.24, 2.45) is 0 Å². The molecule has 1 aromatic carbocycles. The zero-order valence-electron chi connectivity index (χ0n) is 27.0. The summed E-state index contributed by atoms with van der Waals surface area (Å²) in [6, 6.07) is 25.6. The van der Waals surface area contributed by atoms with Gasteiger partial charge in [-0.05, 0) is 29.8 Å². The number of allylic oxidation sites excluding steroid dienone is 3. The summed E-state index contributed by atoms with van der Waals surface area (Å²) in [5, 5.41) is 0. The van der Waals surface area contributed by atoms with Crippen molar-refractivity contribution in [3.63, 3.8) is 0 Å². The zero-order valence-corrected chi connectivity index (χ0v) is 34.2. The third-order valence-corrected chi connectivity index (χ3v) is 4.46. The summed E-state index contributed by atoms with van der Waals surface area (Å²) < 4.78 is 0. The summed E-state index contributed by atoms with van der Waals surface area (Å²) >= 11 is 0. The van der Waals surface area contributed by atoms with Crippen molar-refractivity contribution in [2.45, 2.75) is 63.4 Å². The van der Waals surface area contributed by atoms with Gasteiger partial charge < -0.3 is 42.7 Å². The minimum absolute atomic E-state index is 0. The number of nitrogens with one attached hydrogen (secondary N) is 2. The number of para-hydroxylation sites is 1. The van der Waals surface area contributed by atoms with Crippen LogP contribution in [0.1, 0.15) is 79.5 Å². The first kappa shape index (κ1) is 66.9. The number of hydrogen-bond acceptors (Lipinski definition) is 5. The van der Waals surface area contributed by atoms with Crippen LogP contribution in [0.2, 0.25) is 0 Å². The van der Waals surface area contributed by atoms with E-state index in [0.717, 1.165) is 23.6 Å². The second kappa shape index (κ2) is 48.0. The van der Waals surface area contributed by atoms with Crippen LogP contribution >= 0.6 is 0 Å². The van der Waals surface area contributed by atoms with E-state index in [1.54, 1.807) is 18.6 Å². The van der Waals surface area contributed by atoms with Gasteiger partial charge in [0.1, 0.15) is 0 Å². The normalized spacial score (nSPS) is 8.87. The number of fused-ring (bicyclic) bond motifs is 1. The number of anilines is 1. The predicted molar refractivity (Wildman–Crippen MR) is 201 cm³/mol. The zero-order chi connectivity index (χ0) is 27.7. The Morgan fingerprint density at radius 2 is 0.851 bits per heavy atom. The molecule has 4 heterocycles. The molecule has 5 nitrogen and oxygen atoms in total. The standard InChI is InChI=1S/3C8H8N.C7H8N2.C2H6.3CH4.3CH3.3Ir/c3*1-2-5-8-6-3-4-7-9-8;1-2-4-7-6(3-1)5-8-9-7;1-2;;;;;;;;;/h3*3-7H,1H3;1-4,8-9H,5H2;1-2H3;3*1H4;3*1H3;;;/q3*-1;;;;;;3*-1;;;. The van der Waals surface area contributed by atoms with E-state index in [-0.39, 0.29) is 105 Å². The van der Waals surface area contributed by atoms with Crippen molar-refractivity contribution in [3.8, 4) is 0 Å². The van der Waals surface area contributed by atoms with Crippen molar-refractivity contribution in [1.82, 2.24) is 20.4 Å². The van der Waals surface area contributed by atoms with Crippen LogP contribution in [0.25, 0.3) is 18.2 Å². The average molecular weight is 1170 g/mol. The Balaban J connectivity index is -0.0000000541. The number of hydrazine groups is 1. The van der Waals surface area contributed by atoms with Gasteiger partial charge in [0.2, 0.25) is 0 Å². The van der Waals surface area contributed by atoms with Crippen LogP contribution in [0.5, 0.6) is 0 Å². The molecule has 5 rings (SSSR count). The predicted octanol–water partition coefficient (Wildman–Crippen LogP) is 11.1. The summed E-state index contributed by atoms with van der Waals surface area (Å²) in [6.07, 6.45) is 19.5. The van der Waals surface area contributed by atoms with Gasteiger partial charge in [-0.15, -0.1) is 39.0 Å². The van der Waals surface area contributed by atoms with Crippen LogP contribution in [0.15, 0.2) is 97.5 Å². The quantitative estimate of drug-likeness (QED) is 0.200. The molecule has 0 saturated heterocycles. The Labute approximate surface area is 331 Å². The molecule has 0 spiro atoms. The van der Waals surface area contributed by atoms with Gasteiger partial charge in [-0.3, -0.25) is 18.2 Å². The third kappa shape index (κ3) is 33.3. The first-order chi connectivity index (χ1) is 18.8. The smallest absolute Gasteiger partial charge is 0.0533 e. The van der Waals surface area contributed by atoms with Crippen LogP contribution in [0, 0.1) is 40.5 Å². The molecule has 8 heteroatoms. The molecule has 0 fully saturated rings. The summed E-state index contributed by atoms with van der Waals surface area (Å²) in [5.41, 5.74) is 11.5. The molecule has 2 N–H and O–H groups in total. The van der Waals surface area contributed by atoms with E-state index in [1.165, 1.54) is 11.3 Å². The summed E-state index contributed by atoms with van der Waals surface area (Å²) in [5.74, 6) is 0. The maximum Gasteiger partial charge on any atom is 0.0533 e. The van der Waals surface area contributed by atoms with E-state index >= 15 is 0 Å². The van der Waals surface area contributed by atoms with Crippen molar-refractivity contribution < 1.29 is 60.3 Å². The van der Waals surface area contributed by atoms with Gasteiger partial charge in [0.15, 0.2) is 0 Å². The molecule has 0 bridgehead atoms. The van der Waals surface area contributed by atoms with Gasteiger partial charge in [0.25, 0.3) is 0 Å². The second-order valence-electron chi connectivity index (χ2n) is 7.20. The molecular weight excluding hydrogens is 1120 g/mol. The summed E-state index contributed by atoms with van der Waals surface area (Å²) in [7, 11) is 0. The van der Waals surface area contributed by atoms with Crippen molar-refractivity contribution in [1.29, 1.82) is 0 Å². The van der Waals surface area contributed by atoms with Crippen LogP contribution in [0.4, 0.5) is 5.69 Å². The Morgan fingerprint density at radius 3 is 1.13 bits per heavy atom. The molecule has 4 aromatic rings. The topological polar surface area (TPSA) is 62.7 Å². The molecule has 0 atom stereocenters. The Morgan fingerprint density at radius 1 is 0.532 bits per heavy atom. The maximum atomic E-state index is 4.05. The monoisotopic (exact) mass is 1180 g/mol. The molecule has 0 aliphatic carbocycles. The van der Waals surface area contributed by atoms with E-state index in [9.17, 15) is 0 Å². The van der Waals surface area contributed by atoms with Gasteiger partial charge in [-0.25, -0.2) is 23.7 Å². The number of aromatic nitrogens is 3. The van der Waals surface area contributed by atoms with E-state index in [1.807, 2.05) is 120 Å². The molecule has 3 aromatic heterocycles. The van der Waals surface area contributed by atoms with Crippen LogP contribution < -0.4 is 10.9 Å². The molecule has 3 radical (unpaired) electrons. The van der Waals surface area contributed by atoms with Gasteiger partial charge in [0, 0.05) is 85.5 Å². The third-order valence-electron chi connectivity index (χ3n) is 4.46. The second-order valence-corrected chi connectivity index (χ2v) is 7.20. The fourth-order valence-corrected chi connectivity index (χ4v) is 2.86. The van der Waals surface area contributed by atoms with E-state index in [4.69, 9.17) is 0 Å². The minimum Gasteiger partial charge on any atom is -0.358 e. The van der Waals surface area contributed by atoms with Crippen LogP contribution in [0.3, 0.4) is 0 Å². The summed E-state index contributed by atoms with van der Waals surface area (Å²) in [4.78, 5) is 12.2. The van der Waals surface area contributed by atoms with Gasteiger partial charge in [-0.1, -0.05) is 89.6 Å². The first-order valence-electron chi connectivity index (χ1n) is 12.6. The fraction of sp³-hybridized carbons (Fsp3) is 0.231. The molecule has 1 aliphatic heterocycles. The summed E-state index contributed by atoms with van der Waals surface area (Å²) in [6.45, 7) is 10.5. The molecule has 47 heavy (non-hydrogen) atoms. The Kier molecular flexibility index (Phi) is 68.3. The van der Waals surface area contributed by atoms with E-state index in [0.29, 0.717) is 0 Å². The van der Waals surface area contributed by atoms with Crippen molar-refractivity contribution in [2.75, 3.05) is 5.43 Å². The number of rotatable bonds is 3. The van der Waals surface area contributed by atoms with E-state index in [2.05, 4.69) is 56.2 Å². The molecule has 1 aliphatic rings. The maximum absolute atomic E-state index is 4.05. The average Bonchev–Trinajstić information content (AvgIpc) is 3.47. The molecule has 273 valence electrons. The Hall–Kier alpha value is -2.40. The van der Waals surface area contributed by atoms with Crippen molar-refractivity contribution >= 4 is 23.9 Å². The first-order valence-corrected chi connectivity index (χ1v) is 12.6. The molecule has 0 amide bonds. The molecule has 0 unspecified atom stereocenters. The minimum atomic E-state index is 0. The SMILES string of the molecule is C.C.C.CC.C[C-]=Cc1ccccn1.C[C-]=Cc1ccccn1.C[C-]=Cc1ccccn1.[CH3-].[CH3-].[CH3-].[Ir].[Ir].[Ir].c1ccc2c(c1)CNN2. The fourth-order valence-electron chi connectivity index (χ4n) is 2.86. The van der Waals surface area contributed by atoms with Crippen LogP contribution in [-0.4, -0.2) is 15.0 Å². The van der Waals surface area contributed by atoms with Crippen molar-refractivity contribution in [3.05, 3.63) is 161 Å². The number of benzene rings is 1. The Bertz CT molecular complexity index is 1050. The van der Waals surface area contributed by atoms with Gasteiger partial charge >= 0.3 is 0 Å². The number of hydrogen-bond donors (Lipinski definition) is 2. The van der Waals surface area contributed by atoms with E-state index < -0.39 is 0 Å². The van der Waals surface area contributed by atoms with Crippen LogP contribution in [-0.2, 0) is 66.9 Å². The number of pyridine rings is 3. The number of nitrogens with zero attached hydrogens (tertiary/aromatic N) is 3.